The molecule has 1 saturated heterocycles. The van der Waals surface area contributed by atoms with Crippen LogP contribution < -0.4 is 15.5 Å². The van der Waals surface area contributed by atoms with E-state index in [-0.39, 0.29) is 24.0 Å². The third-order valence-electron chi connectivity index (χ3n) is 4.57. The third kappa shape index (κ3) is 7.23. The topological polar surface area (TPSA) is 86.5 Å². The molecule has 3 rings (SSSR count). The summed E-state index contributed by atoms with van der Waals surface area (Å²) in [6.07, 6.45) is 8.39. The highest BCUT2D eigenvalue weighted by Gasteiger charge is 2.18. The molecule has 0 saturated carbocycles. The average molecular weight is 499 g/mol. The minimum Gasteiger partial charge on any atom is -0.356 e. The van der Waals surface area contributed by atoms with Gasteiger partial charge in [-0.3, -0.25) is 14.6 Å². The van der Waals surface area contributed by atoms with Gasteiger partial charge in [0.2, 0.25) is 5.95 Å². The van der Waals surface area contributed by atoms with Crippen LogP contribution >= 0.6 is 24.0 Å². The van der Waals surface area contributed by atoms with Crippen LogP contribution in [0.5, 0.6) is 0 Å². The van der Waals surface area contributed by atoms with Crippen LogP contribution in [0.3, 0.4) is 0 Å². The summed E-state index contributed by atoms with van der Waals surface area (Å²) in [5, 5.41) is 10.9. The van der Waals surface area contributed by atoms with Crippen molar-refractivity contribution in [3.05, 3.63) is 36.9 Å². The Labute approximate surface area is 183 Å². The number of aliphatic imine (C=N–C) groups is 1. The molecule has 0 radical (unpaired) electrons. The number of halogens is 1. The first-order valence-corrected chi connectivity index (χ1v) is 9.51. The summed E-state index contributed by atoms with van der Waals surface area (Å²) in [6.45, 7) is 7.63. The Hall–Kier alpha value is -1.95. The molecule has 0 amide bonds. The van der Waals surface area contributed by atoms with Crippen LogP contribution in [0.15, 0.2) is 41.9 Å². The van der Waals surface area contributed by atoms with Crippen LogP contribution in [-0.4, -0.2) is 83.5 Å². The second-order valence-electron chi connectivity index (χ2n) is 6.43. The first kappa shape index (κ1) is 22.3. The molecule has 154 valence electrons. The third-order valence-corrected chi connectivity index (χ3v) is 4.57. The molecule has 1 aliphatic rings. The van der Waals surface area contributed by atoms with E-state index in [1.807, 2.05) is 30.1 Å². The number of rotatable bonds is 8. The molecule has 0 spiro atoms. The normalized spacial score (nSPS) is 15.2. The summed E-state index contributed by atoms with van der Waals surface area (Å²) >= 11 is 0. The lowest BCUT2D eigenvalue weighted by Gasteiger charge is -2.34. The van der Waals surface area contributed by atoms with E-state index in [2.05, 4.69) is 40.5 Å². The standard InChI is InChI=1S/C18H29N9.HI/c1-19-17(20-7-3-10-27-11-4-8-24-27)21-9-12-25-13-15-26(16-14-25)18-22-5-2-6-23-18;/h2,4-6,8,11H,3,7,9-10,12-16H2,1H3,(H2,19,20,21);1H. The average Bonchev–Trinajstić information content (AvgIpc) is 3.24. The second kappa shape index (κ2) is 12.5. The number of anilines is 1. The van der Waals surface area contributed by atoms with Gasteiger partial charge in [-0.15, -0.1) is 24.0 Å². The Bertz CT molecular complexity index is 670. The van der Waals surface area contributed by atoms with E-state index >= 15 is 0 Å². The summed E-state index contributed by atoms with van der Waals surface area (Å²) in [4.78, 5) is 17.6. The number of nitrogens with one attached hydrogen (secondary N) is 2. The fourth-order valence-corrected chi connectivity index (χ4v) is 3.06. The van der Waals surface area contributed by atoms with E-state index in [1.54, 1.807) is 18.6 Å². The Morgan fingerprint density at radius 2 is 1.75 bits per heavy atom. The number of aromatic nitrogens is 4. The molecule has 0 aromatic carbocycles. The maximum absolute atomic E-state index is 4.33. The predicted molar refractivity (Wildman–Crippen MR) is 122 cm³/mol. The van der Waals surface area contributed by atoms with Gasteiger partial charge in [0.25, 0.3) is 0 Å². The zero-order chi connectivity index (χ0) is 18.7. The number of hydrogen-bond donors (Lipinski definition) is 2. The Morgan fingerprint density at radius 1 is 1.00 bits per heavy atom. The molecule has 2 aromatic heterocycles. The lowest BCUT2D eigenvalue weighted by atomic mass is 10.3. The number of nitrogens with zero attached hydrogens (tertiary/aromatic N) is 7. The highest BCUT2D eigenvalue weighted by molar-refractivity contribution is 14.0. The molecule has 3 heterocycles. The van der Waals surface area contributed by atoms with Gasteiger partial charge in [0.05, 0.1) is 0 Å². The lowest BCUT2D eigenvalue weighted by Crippen LogP contribution is -2.49. The van der Waals surface area contributed by atoms with Crippen LogP contribution in [0.1, 0.15) is 6.42 Å². The van der Waals surface area contributed by atoms with Gasteiger partial charge in [-0.05, 0) is 18.6 Å². The van der Waals surface area contributed by atoms with Gasteiger partial charge in [-0.1, -0.05) is 0 Å². The number of guanidine groups is 1. The predicted octanol–water partition coefficient (Wildman–Crippen LogP) is 0.668. The van der Waals surface area contributed by atoms with E-state index in [1.165, 1.54) is 0 Å². The van der Waals surface area contributed by atoms with E-state index in [0.717, 1.165) is 70.7 Å². The van der Waals surface area contributed by atoms with E-state index in [4.69, 9.17) is 0 Å². The molecular weight excluding hydrogens is 469 g/mol. The van der Waals surface area contributed by atoms with Crippen molar-refractivity contribution < 1.29 is 0 Å². The van der Waals surface area contributed by atoms with Gasteiger partial charge >= 0.3 is 0 Å². The summed E-state index contributed by atoms with van der Waals surface area (Å²) in [5.41, 5.74) is 0. The number of piperazine rings is 1. The van der Waals surface area contributed by atoms with Crippen molar-refractivity contribution in [1.29, 1.82) is 0 Å². The maximum Gasteiger partial charge on any atom is 0.225 e. The van der Waals surface area contributed by atoms with Crippen LogP contribution in [-0.2, 0) is 6.54 Å². The molecule has 1 aliphatic heterocycles. The molecular formula is C18H30IN9. The lowest BCUT2D eigenvalue weighted by molar-refractivity contribution is 0.260. The Morgan fingerprint density at radius 3 is 2.43 bits per heavy atom. The minimum absolute atomic E-state index is 0. The molecule has 0 bridgehead atoms. The first-order chi connectivity index (χ1) is 13.3. The Balaban J connectivity index is 0.00000280. The van der Waals surface area contributed by atoms with Gasteiger partial charge in [0, 0.05) is 84.2 Å². The largest absolute Gasteiger partial charge is 0.356 e. The van der Waals surface area contributed by atoms with Gasteiger partial charge in [-0.2, -0.15) is 5.10 Å². The monoisotopic (exact) mass is 499 g/mol. The van der Waals surface area contributed by atoms with E-state index < -0.39 is 0 Å². The van der Waals surface area contributed by atoms with Gasteiger partial charge < -0.3 is 15.5 Å². The van der Waals surface area contributed by atoms with Crippen LogP contribution in [0.2, 0.25) is 0 Å². The van der Waals surface area contributed by atoms with E-state index in [0.29, 0.717) is 0 Å². The molecule has 0 unspecified atom stereocenters. The zero-order valence-corrected chi connectivity index (χ0v) is 18.7. The molecule has 0 atom stereocenters. The SMILES string of the molecule is CN=C(NCCCn1cccn1)NCCN1CCN(c2ncccn2)CC1.I. The summed E-state index contributed by atoms with van der Waals surface area (Å²) in [7, 11) is 1.81. The summed E-state index contributed by atoms with van der Waals surface area (Å²) < 4.78 is 1.94. The van der Waals surface area contributed by atoms with Crippen LogP contribution in [0.25, 0.3) is 0 Å². The van der Waals surface area contributed by atoms with Crippen molar-refractivity contribution in [2.45, 2.75) is 13.0 Å². The molecule has 1 fully saturated rings. The quantitative estimate of drug-likeness (QED) is 0.239. The van der Waals surface area contributed by atoms with Crippen molar-refractivity contribution in [2.75, 3.05) is 57.8 Å². The van der Waals surface area contributed by atoms with Gasteiger partial charge in [0.15, 0.2) is 5.96 Å². The fraction of sp³-hybridized carbons (Fsp3) is 0.556. The van der Waals surface area contributed by atoms with Crippen LogP contribution in [0, 0.1) is 0 Å². The minimum atomic E-state index is 0. The maximum atomic E-state index is 4.33. The molecule has 10 heteroatoms. The fourth-order valence-electron chi connectivity index (χ4n) is 3.06. The molecule has 0 aliphatic carbocycles. The van der Waals surface area contributed by atoms with Crippen molar-refractivity contribution in [2.24, 2.45) is 4.99 Å². The highest BCUT2D eigenvalue weighted by Crippen LogP contribution is 2.08. The smallest absolute Gasteiger partial charge is 0.225 e. The van der Waals surface area contributed by atoms with Crippen molar-refractivity contribution in [3.8, 4) is 0 Å². The highest BCUT2D eigenvalue weighted by atomic mass is 127. The zero-order valence-electron chi connectivity index (χ0n) is 16.4. The van der Waals surface area contributed by atoms with Gasteiger partial charge in [0.1, 0.15) is 0 Å². The number of hydrogen-bond acceptors (Lipinski definition) is 6. The van der Waals surface area contributed by atoms with Crippen molar-refractivity contribution in [1.82, 2.24) is 35.3 Å². The molecule has 2 N–H and O–H groups in total. The Kier molecular flexibility index (Phi) is 9.97. The van der Waals surface area contributed by atoms with Crippen LogP contribution in [0.4, 0.5) is 5.95 Å². The molecule has 28 heavy (non-hydrogen) atoms. The van der Waals surface area contributed by atoms with Crippen molar-refractivity contribution in [3.63, 3.8) is 0 Å². The number of aryl methyl sites for hydroxylation is 1. The second-order valence-corrected chi connectivity index (χ2v) is 6.43. The summed E-state index contributed by atoms with van der Waals surface area (Å²) in [5.74, 6) is 1.68. The summed E-state index contributed by atoms with van der Waals surface area (Å²) in [6, 6.07) is 3.80. The van der Waals surface area contributed by atoms with Gasteiger partial charge in [-0.25, -0.2) is 9.97 Å². The molecule has 2 aromatic rings. The molecule has 9 nitrogen and oxygen atoms in total. The van der Waals surface area contributed by atoms with Crippen molar-refractivity contribution >= 4 is 35.9 Å². The first-order valence-electron chi connectivity index (χ1n) is 9.51. The van der Waals surface area contributed by atoms with E-state index in [9.17, 15) is 0 Å².